The molecule has 92 valence electrons. The van der Waals surface area contributed by atoms with Gasteiger partial charge in [0, 0.05) is 6.21 Å². The first-order chi connectivity index (χ1) is 8.78. The second-order valence-electron chi connectivity index (χ2n) is 4.10. The first kappa shape index (κ1) is 12.4. The van der Waals surface area contributed by atoms with E-state index in [-0.39, 0.29) is 0 Å². The Balaban J connectivity index is 2.06. The van der Waals surface area contributed by atoms with Crippen molar-refractivity contribution in [2.24, 2.45) is 4.99 Å². The van der Waals surface area contributed by atoms with Gasteiger partial charge in [-0.1, -0.05) is 29.8 Å². The smallest absolute Gasteiger partial charge is 0.119 e. The van der Waals surface area contributed by atoms with Crippen LogP contribution in [0, 0.1) is 6.92 Å². The standard InChI is InChI=1S/C16H17NO/c1-3-18-16-10-8-15(9-11-16)17-12-14-6-4-13(2)5-7-14/h4-12H,3H2,1-2H3. The van der Waals surface area contributed by atoms with Gasteiger partial charge in [0.2, 0.25) is 0 Å². The summed E-state index contributed by atoms with van der Waals surface area (Å²) in [6.07, 6.45) is 1.87. The summed E-state index contributed by atoms with van der Waals surface area (Å²) in [6.45, 7) is 4.74. The molecule has 2 heteroatoms. The van der Waals surface area contributed by atoms with Crippen molar-refractivity contribution in [3.05, 3.63) is 59.7 Å². The van der Waals surface area contributed by atoms with E-state index in [1.165, 1.54) is 5.56 Å². The van der Waals surface area contributed by atoms with Crippen LogP contribution in [0.2, 0.25) is 0 Å². The molecule has 0 aliphatic rings. The summed E-state index contributed by atoms with van der Waals surface area (Å²) in [5, 5.41) is 0. The molecule has 2 nitrogen and oxygen atoms in total. The van der Waals surface area contributed by atoms with Gasteiger partial charge in [-0.25, -0.2) is 0 Å². The summed E-state index contributed by atoms with van der Waals surface area (Å²) >= 11 is 0. The van der Waals surface area contributed by atoms with E-state index in [0.29, 0.717) is 6.61 Å². The Hall–Kier alpha value is -2.09. The van der Waals surface area contributed by atoms with Crippen LogP contribution < -0.4 is 4.74 Å². The van der Waals surface area contributed by atoms with Gasteiger partial charge >= 0.3 is 0 Å². The lowest BCUT2D eigenvalue weighted by atomic mass is 10.2. The Kier molecular flexibility index (Phi) is 4.13. The van der Waals surface area contributed by atoms with E-state index < -0.39 is 0 Å². The fourth-order valence-electron chi connectivity index (χ4n) is 1.60. The highest BCUT2D eigenvalue weighted by Crippen LogP contribution is 2.18. The molecule has 0 atom stereocenters. The molecule has 0 aromatic heterocycles. The quantitative estimate of drug-likeness (QED) is 0.735. The van der Waals surface area contributed by atoms with E-state index in [0.717, 1.165) is 17.0 Å². The molecule has 2 aromatic carbocycles. The number of benzene rings is 2. The van der Waals surface area contributed by atoms with E-state index in [1.807, 2.05) is 37.4 Å². The van der Waals surface area contributed by atoms with Crippen LogP contribution in [-0.4, -0.2) is 12.8 Å². The molecule has 0 aliphatic heterocycles. The predicted octanol–water partition coefficient (Wildman–Crippen LogP) is 4.14. The number of rotatable bonds is 4. The third-order valence-corrected chi connectivity index (χ3v) is 2.59. The number of hydrogen-bond acceptors (Lipinski definition) is 2. The van der Waals surface area contributed by atoms with E-state index >= 15 is 0 Å². The van der Waals surface area contributed by atoms with Crippen LogP contribution in [0.1, 0.15) is 18.1 Å². The van der Waals surface area contributed by atoms with Gasteiger partial charge in [-0.2, -0.15) is 0 Å². The maximum Gasteiger partial charge on any atom is 0.119 e. The van der Waals surface area contributed by atoms with Gasteiger partial charge in [-0.3, -0.25) is 4.99 Å². The Bertz CT molecular complexity index is 512. The van der Waals surface area contributed by atoms with Crippen molar-refractivity contribution in [3.8, 4) is 5.75 Å². The number of aliphatic imine (C=N–C) groups is 1. The first-order valence-corrected chi connectivity index (χ1v) is 6.11. The molecule has 0 N–H and O–H groups in total. The number of hydrogen-bond donors (Lipinski definition) is 0. The summed E-state index contributed by atoms with van der Waals surface area (Å²) in [5.41, 5.74) is 3.29. The summed E-state index contributed by atoms with van der Waals surface area (Å²) in [5.74, 6) is 0.881. The van der Waals surface area contributed by atoms with Crippen LogP contribution in [0.15, 0.2) is 53.5 Å². The largest absolute Gasteiger partial charge is 0.494 e. The van der Waals surface area contributed by atoms with Gasteiger partial charge in [0.15, 0.2) is 0 Å². The molecule has 18 heavy (non-hydrogen) atoms. The van der Waals surface area contributed by atoms with Crippen molar-refractivity contribution < 1.29 is 4.74 Å². The lowest BCUT2D eigenvalue weighted by molar-refractivity contribution is 0.340. The summed E-state index contributed by atoms with van der Waals surface area (Å²) in [7, 11) is 0. The van der Waals surface area contributed by atoms with Gasteiger partial charge in [0.25, 0.3) is 0 Å². The van der Waals surface area contributed by atoms with Crippen LogP contribution in [0.25, 0.3) is 0 Å². The summed E-state index contributed by atoms with van der Waals surface area (Å²) in [4.78, 5) is 4.43. The zero-order chi connectivity index (χ0) is 12.8. The number of ether oxygens (including phenoxy) is 1. The SMILES string of the molecule is CCOc1ccc(N=Cc2ccc(C)cc2)cc1. The molecular weight excluding hydrogens is 222 g/mol. The maximum atomic E-state index is 5.38. The first-order valence-electron chi connectivity index (χ1n) is 6.11. The molecule has 0 spiro atoms. The Labute approximate surface area is 108 Å². The fourth-order valence-corrected chi connectivity index (χ4v) is 1.60. The van der Waals surface area contributed by atoms with Gasteiger partial charge in [0.05, 0.1) is 12.3 Å². The summed E-state index contributed by atoms with van der Waals surface area (Å²) < 4.78 is 5.38. The molecule has 0 heterocycles. The van der Waals surface area contributed by atoms with Gasteiger partial charge in [-0.15, -0.1) is 0 Å². The molecule has 2 aromatic rings. The molecule has 0 saturated heterocycles. The second-order valence-corrected chi connectivity index (χ2v) is 4.10. The Morgan fingerprint density at radius 2 is 1.67 bits per heavy atom. The van der Waals surface area contributed by atoms with Gasteiger partial charge in [-0.05, 0) is 43.7 Å². The van der Waals surface area contributed by atoms with Crippen LogP contribution in [0.5, 0.6) is 5.75 Å². The summed E-state index contributed by atoms with van der Waals surface area (Å²) in [6, 6.07) is 16.1. The Morgan fingerprint density at radius 1 is 1.00 bits per heavy atom. The highest BCUT2D eigenvalue weighted by molar-refractivity contribution is 5.81. The molecule has 0 unspecified atom stereocenters. The van der Waals surface area contributed by atoms with Crippen molar-refractivity contribution >= 4 is 11.9 Å². The minimum Gasteiger partial charge on any atom is -0.494 e. The van der Waals surface area contributed by atoms with Crippen LogP contribution in [0.4, 0.5) is 5.69 Å². The topological polar surface area (TPSA) is 21.6 Å². The third kappa shape index (κ3) is 3.45. The second kappa shape index (κ2) is 6.01. The van der Waals surface area contributed by atoms with Crippen molar-refractivity contribution in [2.45, 2.75) is 13.8 Å². The number of aryl methyl sites for hydroxylation is 1. The maximum absolute atomic E-state index is 5.38. The van der Waals surface area contributed by atoms with E-state index in [2.05, 4.69) is 36.2 Å². The lowest BCUT2D eigenvalue weighted by Gasteiger charge is -2.02. The molecule has 0 amide bonds. The molecule has 0 radical (unpaired) electrons. The highest BCUT2D eigenvalue weighted by atomic mass is 16.5. The van der Waals surface area contributed by atoms with E-state index in [1.54, 1.807) is 0 Å². The zero-order valence-corrected chi connectivity index (χ0v) is 10.8. The lowest BCUT2D eigenvalue weighted by Crippen LogP contribution is -1.89. The van der Waals surface area contributed by atoms with Crippen molar-refractivity contribution in [3.63, 3.8) is 0 Å². The highest BCUT2D eigenvalue weighted by Gasteiger charge is 1.92. The molecular formula is C16H17NO. The van der Waals surface area contributed by atoms with Crippen LogP contribution in [-0.2, 0) is 0 Å². The van der Waals surface area contributed by atoms with Gasteiger partial charge in [0.1, 0.15) is 5.75 Å². The van der Waals surface area contributed by atoms with Crippen molar-refractivity contribution in [1.29, 1.82) is 0 Å². The molecule has 0 aliphatic carbocycles. The van der Waals surface area contributed by atoms with E-state index in [9.17, 15) is 0 Å². The fraction of sp³-hybridized carbons (Fsp3) is 0.188. The van der Waals surface area contributed by atoms with Crippen molar-refractivity contribution in [2.75, 3.05) is 6.61 Å². The Morgan fingerprint density at radius 3 is 2.28 bits per heavy atom. The predicted molar refractivity (Wildman–Crippen MR) is 76.0 cm³/mol. The van der Waals surface area contributed by atoms with Crippen LogP contribution >= 0.6 is 0 Å². The molecule has 0 saturated carbocycles. The van der Waals surface area contributed by atoms with Crippen LogP contribution in [0.3, 0.4) is 0 Å². The molecule has 2 rings (SSSR count). The zero-order valence-electron chi connectivity index (χ0n) is 10.8. The minimum absolute atomic E-state index is 0.686. The normalized spacial score (nSPS) is 10.8. The average molecular weight is 239 g/mol. The number of nitrogens with zero attached hydrogens (tertiary/aromatic N) is 1. The van der Waals surface area contributed by atoms with Crippen molar-refractivity contribution in [1.82, 2.24) is 0 Å². The average Bonchev–Trinajstić information content (AvgIpc) is 2.40. The molecule has 0 fully saturated rings. The monoisotopic (exact) mass is 239 g/mol. The minimum atomic E-state index is 0.686. The molecule has 0 bridgehead atoms. The third-order valence-electron chi connectivity index (χ3n) is 2.59. The van der Waals surface area contributed by atoms with E-state index in [4.69, 9.17) is 4.74 Å². The van der Waals surface area contributed by atoms with Gasteiger partial charge < -0.3 is 4.74 Å².